The van der Waals surface area contributed by atoms with E-state index in [1.807, 2.05) is 0 Å². The molecule has 2 N–H and O–H groups in total. The third-order valence-corrected chi connectivity index (χ3v) is 7.82. The molecule has 0 unspecified atom stereocenters. The van der Waals surface area contributed by atoms with E-state index in [1.165, 1.54) is 6.20 Å². The highest BCUT2D eigenvalue weighted by molar-refractivity contribution is 6.16. The summed E-state index contributed by atoms with van der Waals surface area (Å²) in [6, 6.07) is 1.06. The molecular formula is C26H30ClF4N7O2. The lowest BCUT2D eigenvalue weighted by atomic mass is 9.90. The Morgan fingerprint density at radius 1 is 1.23 bits per heavy atom. The van der Waals surface area contributed by atoms with E-state index in [4.69, 9.17) is 0 Å². The van der Waals surface area contributed by atoms with Crippen LogP contribution in [0.2, 0.25) is 0 Å². The fourth-order valence-electron chi connectivity index (χ4n) is 6.03. The van der Waals surface area contributed by atoms with Crippen molar-refractivity contribution in [1.82, 2.24) is 19.7 Å². The molecule has 0 spiro atoms. The number of hydrogen-bond donors (Lipinski definition) is 2. The standard InChI is InChI=1S/C26H29F4N7O2.ClH/c1-16-21-22(31-10-9-25-7-3-11-36(25)12-4-8-25)20(14-32-23(21)35(2)34-16)37(15-38)24(39)33-17-5-6-19(27)18(13-17)26(28,29)30;/h5-6,13-15H,3-4,7-12H2,1-2H3,(H,31,32)(H,33,39);1H. The van der Waals surface area contributed by atoms with Crippen molar-refractivity contribution >= 4 is 52.9 Å². The van der Waals surface area contributed by atoms with Crippen LogP contribution in [0, 0.1) is 12.7 Å². The van der Waals surface area contributed by atoms with Crippen LogP contribution in [0.3, 0.4) is 0 Å². The number of anilines is 3. The van der Waals surface area contributed by atoms with Gasteiger partial charge < -0.3 is 10.6 Å². The molecule has 0 aliphatic carbocycles. The second-order valence-corrected chi connectivity index (χ2v) is 10.1. The minimum Gasteiger partial charge on any atom is -0.383 e. The number of imide groups is 1. The molecule has 2 aliphatic heterocycles. The summed E-state index contributed by atoms with van der Waals surface area (Å²) < 4.78 is 54.8. The second kappa shape index (κ2) is 11.2. The number of nitrogens with zero attached hydrogens (tertiary/aromatic N) is 5. The first kappa shape index (κ1) is 29.5. The van der Waals surface area contributed by atoms with Gasteiger partial charge in [0.2, 0.25) is 6.41 Å². The van der Waals surface area contributed by atoms with Crippen molar-refractivity contribution in [1.29, 1.82) is 0 Å². The predicted octanol–water partition coefficient (Wildman–Crippen LogP) is 5.48. The van der Waals surface area contributed by atoms with Crippen LogP contribution in [0.4, 0.5) is 39.4 Å². The maximum absolute atomic E-state index is 13.7. The van der Waals surface area contributed by atoms with Crippen LogP contribution in [-0.4, -0.2) is 57.3 Å². The fraction of sp³-hybridized carbons (Fsp3) is 0.462. The Morgan fingerprint density at radius 2 is 1.93 bits per heavy atom. The average Bonchev–Trinajstić information content (AvgIpc) is 3.53. The molecule has 3 amide bonds. The maximum atomic E-state index is 13.7. The highest BCUT2D eigenvalue weighted by Crippen LogP contribution is 2.42. The van der Waals surface area contributed by atoms with Crippen molar-refractivity contribution in [3.63, 3.8) is 0 Å². The van der Waals surface area contributed by atoms with Crippen LogP contribution in [0.5, 0.6) is 0 Å². The van der Waals surface area contributed by atoms with E-state index in [-0.39, 0.29) is 35.7 Å². The van der Waals surface area contributed by atoms with Gasteiger partial charge in [0, 0.05) is 24.8 Å². The Balaban J connectivity index is 0.00000370. The number of rotatable bonds is 7. The Kier molecular flexibility index (Phi) is 8.27. The van der Waals surface area contributed by atoms with E-state index < -0.39 is 23.6 Å². The van der Waals surface area contributed by atoms with E-state index in [0.29, 0.717) is 41.1 Å². The quantitative estimate of drug-likeness (QED) is 0.282. The number of carbonyl (C=O) groups excluding carboxylic acids is 2. The van der Waals surface area contributed by atoms with Gasteiger partial charge in [-0.15, -0.1) is 12.4 Å². The van der Waals surface area contributed by atoms with Gasteiger partial charge in [-0.05, 0) is 70.3 Å². The number of alkyl halides is 3. The van der Waals surface area contributed by atoms with E-state index >= 15 is 0 Å². The molecule has 0 saturated carbocycles. The summed E-state index contributed by atoms with van der Waals surface area (Å²) in [6.45, 7) is 4.53. The van der Waals surface area contributed by atoms with Crippen LogP contribution in [0.1, 0.15) is 43.4 Å². The number of urea groups is 1. The summed E-state index contributed by atoms with van der Waals surface area (Å²) in [6.07, 6.45) is 2.10. The van der Waals surface area contributed by atoms with Crippen molar-refractivity contribution in [2.24, 2.45) is 7.05 Å². The zero-order valence-corrected chi connectivity index (χ0v) is 22.8. The zero-order valence-electron chi connectivity index (χ0n) is 22.0. The first-order valence-corrected chi connectivity index (χ1v) is 12.8. The number of carbonyl (C=O) groups is 2. The molecule has 3 aromatic rings. The SMILES string of the molecule is Cc1nn(C)c2ncc(N(C=O)C(=O)Nc3ccc(F)c(C(F)(F)F)c3)c(NCCC34CCCN3CCC4)c12.Cl. The number of aryl methyl sites for hydroxylation is 2. The number of nitrogens with one attached hydrogen (secondary N) is 2. The normalized spacial score (nSPS) is 16.4. The number of hydrogen-bond acceptors (Lipinski definition) is 6. The number of aromatic nitrogens is 3. The highest BCUT2D eigenvalue weighted by atomic mass is 35.5. The first-order chi connectivity index (χ1) is 18.5. The number of pyridine rings is 1. The summed E-state index contributed by atoms with van der Waals surface area (Å²) in [5, 5.41) is 10.7. The van der Waals surface area contributed by atoms with Crippen LogP contribution in [0.15, 0.2) is 24.4 Å². The van der Waals surface area contributed by atoms with E-state index in [9.17, 15) is 27.2 Å². The number of benzene rings is 1. The Labute approximate surface area is 234 Å². The summed E-state index contributed by atoms with van der Waals surface area (Å²) in [5.41, 5.74) is 0.0673. The molecule has 4 heterocycles. The van der Waals surface area contributed by atoms with Gasteiger partial charge in [-0.1, -0.05) is 0 Å². The van der Waals surface area contributed by atoms with E-state index in [1.54, 1.807) is 18.7 Å². The number of amides is 3. The van der Waals surface area contributed by atoms with Crippen molar-refractivity contribution < 1.29 is 27.2 Å². The summed E-state index contributed by atoms with van der Waals surface area (Å²) >= 11 is 0. The summed E-state index contributed by atoms with van der Waals surface area (Å²) in [5.74, 6) is -1.47. The molecule has 1 aromatic carbocycles. The fourth-order valence-corrected chi connectivity index (χ4v) is 6.03. The van der Waals surface area contributed by atoms with Crippen molar-refractivity contribution in [3.05, 3.63) is 41.5 Å². The molecular weight excluding hydrogens is 554 g/mol. The van der Waals surface area contributed by atoms with Crippen molar-refractivity contribution in [3.8, 4) is 0 Å². The topological polar surface area (TPSA) is 95.4 Å². The molecule has 5 rings (SSSR count). The molecule has 0 radical (unpaired) electrons. The van der Waals surface area contributed by atoms with E-state index in [0.717, 1.165) is 56.2 Å². The van der Waals surface area contributed by atoms with E-state index in [2.05, 4.69) is 25.6 Å². The lowest BCUT2D eigenvalue weighted by Gasteiger charge is -2.32. The third-order valence-electron chi connectivity index (χ3n) is 7.82. The van der Waals surface area contributed by atoms with Crippen LogP contribution in [-0.2, 0) is 18.0 Å². The van der Waals surface area contributed by atoms with Crippen molar-refractivity contribution in [2.75, 3.05) is 35.2 Å². The molecule has 40 heavy (non-hydrogen) atoms. The van der Waals surface area contributed by atoms with Gasteiger partial charge in [-0.2, -0.15) is 18.3 Å². The molecule has 2 aromatic heterocycles. The minimum absolute atomic E-state index is 0. The van der Waals surface area contributed by atoms with Gasteiger partial charge in [0.25, 0.3) is 0 Å². The molecule has 2 saturated heterocycles. The van der Waals surface area contributed by atoms with Crippen LogP contribution < -0.4 is 15.5 Å². The van der Waals surface area contributed by atoms with Crippen LogP contribution >= 0.6 is 12.4 Å². The predicted molar refractivity (Wildman–Crippen MR) is 145 cm³/mol. The molecule has 2 aliphatic rings. The molecule has 14 heteroatoms. The number of fused-ring (bicyclic) bond motifs is 2. The van der Waals surface area contributed by atoms with Gasteiger partial charge in [0.15, 0.2) is 5.65 Å². The molecule has 0 bridgehead atoms. The Morgan fingerprint density at radius 3 is 2.58 bits per heavy atom. The van der Waals surface area contributed by atoms with Gasteiger partial charge in [-0.25, -0.2) is 19.1 Å². The molecule has 9 nitrogen and oxygen atoms in total. The molecule has 0 atom stereocenters. The summed E-state index contributed by atoms with van der Waals surface area (Å²) in [7, 11) is 1.73. The van der Waals surface area contributed by atoms with Gasteiger partial charge in [-0.3, -0.25) is 14.4 Å². The van der Waals surface area contributed by atoms with Crippen molar-refractivity contribution in [2.45, 2.75) is 50.7 Å². The Bertz CT molecular complexity index is 1420. The largest absolute Gasteiger partial charge is 0.419 e. The third kappa shape index (κ3) is 5.31. The maximum Gasteiger partial charge on any atom is 0.419 e. The first-order valence-electron chi connectivity index (χ1n) is 12.8. The highest BCUT2D eigenvalue weighted by Gasteiger charge is 2.43. The Hall–Kier alpha value is -3.45. The lowest BCUT2D eigenvalue weighted by molar-refractivity contribution is -0.139. The van der Waals surface area contributed by atoms with Gasteiger partial charge >= 0.3 is 12.2 Å². The van der Waals surface area contributed by atoms with Crippen LogP contribution in [0.25, 0.3) is 11.0 Å². The van der Waals surface area contributed by atoms with Gasteiger partial charge in [0.1, 0.15) is 5.82 Å². The second-order valence-electron chi connectivity index (χ2n) is 10.1. The monoisotopic (exact) mass is 583 g/mol. The van der Waals surface area contributed by atoms with Gasteiger partial charge in [0.05, 0.1) is 34.2 Å². The lowest BCUT2D eigenvalue weighted by Crippen LogP contribution is -2.39. The average molecular weight is 584 g/mol. The minimum atomic E-state index is -4.95. The smallest absolute Gasteiger partial charge is 0.383 e. The zero-order chi connectivity index (χ0) is 27.9. The number of halogens is 5. The molecule has 216 valence electrons. The molecule has 2 fully saturated rings. The summed E-state index contributed by atoms with van der Waals surface area (Å²) in [4.78, 5) is 33.0.